The van der Waals surface area contributed by atoms with Crippen LogP contribution in [0.2, 0.25) is 0 Å². The molecule has 1 atom stereocenters. The third-order valence-electron chi connectivity index (χ3n) is 5.05. The van der Waals surface area contributed by atoms with Gasteiger partial charge in [0.15, 0.2) is 5.82 Å². The predicted octanol–water partition coefficient (Wildman–Crippen LogP) is 3.33. The minimum atomic E-state index is 0.505. The number of hydrogen-bond acceptors (Lipinski definition) is 4. The number of aryl methyl sites for hydroxylation is 1. The first kappa shape index (κ1) is 13.9. The van der Waals surface area contributed by atoms with E-state index in [0.717, 1.165) is 48.2 Å². The van der Waals surface area contributed by atoms with Gasteiger partial charge in [-0.25, -0.2) is 9.97 Å². The molecule has 116 valence electrons. The van der Waals surface area contributed by atoms with Crippen molar-refractivity contribution in [3.63, 3.8) is 0 Å². The van der Waals surface area contributed by atoms with E-state index in [1.54, 1.807) is 0 Å². The van der Waals surface area contributed by atoms with Crippen LogP contribution in [0.4, 0.5) is 5.82 Å². The lowest BCUT2D eigenvalue weighted by atomic mass is 9.90. The number of benzene rings is 1. The van der Waals surface area contributed by atoms with Crippen LogP contribution in [0.25, 0.3) is 11.0 Å². The number of rotatable bonds is 2. The number of fused-ring (bicyclic) bond motifs is 1. The fourth-order valence-corrected chi connectivity index (χ4v) is 3.84. The Morgan fingerprint density at radius 1 is 1.05 bits per heavy atom. The topological polar surface area (TPSA) is 38.2 Å². The maximum absolute atomic E-state index is 5.87. The maximum atomic E-state index is 5.87. The Hall–Kier alpha value is -1.68. The smallest absolute Gasteiger partial charge is 0.150 e. The molecular formula is C18H23N3O. The number of ether oxygens (including phenoxy) is 1. The molecule has 0 saturated carbocycles. The van der Waals surface area contributed by atoms with E-state index in [4.69, 9.17) is 14.7 Å². The molecule has 3 heterocycles. The van der Waals surface area contributed by atoms with Crippen molar-refractivity contribution in [2.45, 2.75) is 38.7 Å². The van der Waals surface area contributed by atoms with Crippen LogP contribution in [0.1, 0.15) is 31.4 Å². The number of nitrogens with zero attached hydrogens (tertiary/aromatic N) is 3. The van der Waals surface area contributed by atoms with Gasteiger partial charge in [-0.2, -0.15) is 0 Å². The summed E-state index contributed by atoms with van der Waals surface area (Å²) in [7, 11) is 0. The highest BCUT2D eigenvalue weighted by atomic mass is 16.5. The van der Waals surface area contributed by atoms with Crippen molar-refractivity contribution in [1.82, 2.24) is 9.97 Å². The van der Waals surface area contributed by atoms with Crippen molar-refractivity contribution in [2.24, 2.45) is 5.92 Å². The third-order valence-corrected chi connectivity index (χ3v) is 5.05. The minimum absolute atomic E-state index is 0.505. The summed E-state index contributed by atoms with van der Waals surface area (Å²) in [6.45, 7) is 5.16. The van der Waals surface area contributed by atoms with E-state index in [2.05, 4.69) is 11.8 Å². The molecule has 2 saturated heterocycles. The monoisotopic (exact) mass is 297 g/mol. The summed E-state index contributed by atoms with van der Waals surface area (Å²) in [6.07, 6.45) is 5.41. The second-order valence-corrected chi connectivity index (χ2v) is 6.50. The van der Waals surface area contributed by atoms with Gasteiger partial charge in [-0.1, -0.05) is 12.1 Å². The van der Waals surface area contributed by atoms with Gasteiger partial charge in [0, 0.05) is 19.7 Å². The number of aromatic nitrogens is 2. The van der Waals surface area contributed by atoms with Crippen LogP contribution in [0.3, 0.4) is 0 Å². The summed E-state index contributed by atoms with van der Waals surface area (Å²) in [5, 5.41) is 0. The number of anilines is 1. The quantitative estimate of drug-likeness (QED) is 0.852. The summed E-state index contributed by atoms with van der Waals surface area (Å²) in [6, 6.07) is 8.12. The maximum Gasteiger partial charge on any atom is 0.150 e. The summed E-state index contributed by atoms with van der Waals surface area (Å²) in [5.74, 6) is 1.79. The fourth-order valence-electron chi connectivity index (χ4n) is 3.84. The van der Waals surface area contributed by atoms with E-state index in [0.29, 0.717) is 6.10 Å². The molecule has 0 spiro atoms. The Balaban J connectivity index is 1.52. The largest absolute Gasteiger partial charge is 0.378 e. The van der Waals surface area contributed by atoms with E-state index in [1.807, 2.05) is 24.3 Å². The molecule has 1 unspecified atom stereocenters. The predicted molar refractivity (Wildman–Crippen MR) is 88.2 cm³/mol. The Morgan fingerprint density at radius 3 is 2.45 bits per heavy atom. The van der Waals surface area contributed by atoms with Crippen molar-refractivity contribution < 1.29 is 4.74 Å². The van der Waals surface area contributed by atoms with Gasteiger partial charge in [-0.3, -0.25) is 0 Å². The van der Waals surface area contributed by atoms with Gasteiger partial charge in [0.1, 0.15) is 0 Å². The number of piperidine rings is 1. The highest BCUT2D eigenvalue weighted by Crippen LogP contribution is 2.31. The van der Waals surface area contributed by atoms with Crippen molar-refractivity contribution >= 4 is 16.9 Å². The van der Waals surface area contributed by atoms with Gasteiger partial charge in [0.25, 0.3) is 0 Å². The van der Waals surface area contributed by atoms with Crippen LogP contribution in [-0.2, 0) is 4.74 Å². The SMILES string of the molecule is Cc1nc2ccccc2nc1N1CCC(C2CCCO2)CC1. The first-order valence-electron chi connectivity index (χ1n) is 8.41. The van der Waals surface area contributed by atoms with Crippen LogP contribution in [-0.4, -0.2) is 35.8 Å². The highest BCUT2D eigenvalue weighted by molar-refractivity contribution is 5.76. The second kappa shape index (κ2) is 5.84. The van der Waals surface area contributed by atoms with Crippen molar-refractivity contribution in [3.8, 4) is 0 Å². The molecule has 0 bridgehead atoms. The first-order valence-corrected chi connectivity index (χ1v) is 8.41. The second-order valence-electron chi connectivity index (χ2n) is 6.50. The van der Waals surface area contributed by atoms with Crippen molar-refractivity contribution in [3.05, 3.63) is 30.0 Å². The van der Waals surface area contributed by atoms with Crippen LogP contribution in [0.15, 0.2) is 24.3 Å². The fraction of sp³-hybridized carbons (Fsp3) is 0.556. The Morgan fingerprint density at radius 2 is 1.77 bits per heavy atom. The summed E-state index contributed by atoms with van der Waals surface area (Å²) >= 11 is 0. The molecule has 22 heavy (non-hydrogen) atoms. The van der Waals surface area contributed by atoms with Gasteiger partial charge in [0.05, 0.1) is 22.8 Å². The molecule has 0 aliphatic carbocycles. The van der Waals surface area contributed by atoms with Crippen LogP contribution in [0.5, 0.6) is 0 Å². The summed E-state index contributed by atoms with van der Waals surface area (Å²) in [5.41, 5.74) is 3.01. The summed E-state index contributed by atoms with van der Waals surface area (Å²) in [4.78, 5) is 12.0. The molecule has 0 radical (unpaired) electrons. The Labute approximate surface area is 131 Å². The zero-order valence-electron chi connectivity index (χ0n) is 13.2. The van der Waals surface area contributed by atoms with Crippen LogP contribution >= 0.6 is 0 Å². The van der Waals surface area contributed by atoms with Gasteiger partial charge in [-0.05, 0) is 50.7 Å². The first-order chi connectivity index (χ1) is 10.8. The molecule has 2 aliphatic heterocycles. The highest BCUT2D eigenvalue weighted by Gasteiger charge is 2.30. The third kappa shape index (κ3) is 2.56. The van der Waals surface area contributed by atoms with Crippen molar-refractivity contribution in [2.75, 3.05) is 24.6 Å². The van der Waals surface area contributed by atoms with Crippen LogP contribution in [0, 0.1) is 12.8 Å². The van der Waals surface area contributed by atoms with Gasteiger partial charge >= 0.3 is 0 Å². The average Bonchev–Trinajstić information content (AvgIpc) is 3.09. The van der Waals surface area contributed by atoms with Gasteiger partial charge in [-0.15, -0.1) is 0 Å². The zero-order chi connectivity index (χ0) is 14.9. The molecule has 4 heteroatoms. The van der Waals surface area contributed by atoms with E-state index in [9.17, 15) is 0 Å². The van der Waals surface area contributed by atoms with Gasteiger partial charge < -0.3 is 9.64 Å². The molecule has 4 rings (SSSR count). The number of hydrogen-bond donors (Lipinski definition) is 0. The minimum Gasteiger partial charge on any atom is -0.378 e. The van der Waals surface area contributed by atoms with Gasteiger partial charge in [0.2, 0.25) is 0 Å². The standard InChI is InChI=1S/C18H23N3O/c1-13-18(20-16-6-3-2-5-15(16)19-13)21-10-8-14(9-11-21)17-7-4-12-22-17/h2-3,5-6,14,17H,4,7-12H2,1H3. The lowest BCUT2D eigenvalue weighted by molar-refractivity contribution is 0.0531. The molecule has 1 aromatic heterocycles. The lowest BCUT2D eigenvalue weighted by Gasteiger charge is -2.35. The van der Waals surface area contributed by atoms with E-state index in [-0.39, 0.29) is 0 Å². The molecular weight excluding hydrogens is 274 g/mol. The van der Waals surface area contributed by atoms with E-state index >= 15 is 0 Å². The van der Waals surface area contributed by atoms with Crippen LogP contribution < -0.4 is 4.90 Å². The molecule has 0 amide bonds. The molecule has 4 nitrogen and oxygen atoms in total. The van der Waals surface area contributed by atoms with Crippen molar-refractivity contribution in [1.29, 1.82) is 0 Å². The molecule has 1 aromatic carbocycles. The molecule has 0 N–H and O–H groups in total. The average molecular weight is 297 g/mol. The normalized spacial score (nSPS) is 23.3. The lowest BCUT2D eigenvalue weighted by Crippen LogP contribution is -2.38. The summed E-state index contributed by atoms with van der Waals surface area (Å²) < 4.78 is 5.87. The Bertz CT molecular complexity index is 658. The van der Waals surface area contributed by atoms with E-state index < -0.39 is 0 Å². The zero-order valence-corrected chi connectivity index (χ0v) is 13.2. The molecule has 2 aliphatic rings. The number of para-hydroxylation sites is 2. The molecule has 2 aromatic rings. The Kier molecular flexibility index (Phi) is 3.70. The van der Waals surface area contributed by atoms with E-state index in [1.165, 1.54) is 25.7 Å². The molecule has 2 fully saturated rings.